The third-order valence-corrected chi connectivity index (χ3v) is 7.51. The Balaban J connectivity index is 0.00000370. The highest BCUT2D eigenvalue weighted by atomic mass is 35.5. The van der Waals surface area contributed by atoms with Gasteiger partial charge in [-0.1, -0.05) is 23.7 Å². The molecule has 0 bridgehead atoms. The Bertz CT molecular complexity index is 1310. The first-order chi connectivity index (χ1) is 18.8. The molecule has 0 saturated carbocycles. The van der Waals surface area contributed by atoms with Gasteiger partial charge in [0.2, 0.25) is 0 Å². The number of hydrogen-bond acceptors (Lipinski definition) is 7. The number of piperidine rings is 1. The summed E-state index contributed by atoms with van der Waals surface area (Å²) in [5, 5.41) is 21.0. The van der Waals surface area contributed by atoms with E-state index in [0.29, 0.717) is 18.9 Å². The van der Waals surface area contributed by atoms with Crippen LogP contribution in [0.15, 0.2) is 60.7 Å². The number of fused-ring (bicyclic) bond motifs is 1. The number of rotatable bonds is 10. The van der Waals surface area contributed by atoms with Crippen molar-refractivity contribution in [1.82, 2.24) is 4.90 Å². The number of hydrogen-bond donors (Lipinski definition) is 2. The average molecular weight is 591 g/mol. The topological polar surface area (TPSA) is 97.7 Å². The smallest absolute Gasteiger partial charge is 0.339 e. The number of ether oxygens (including phenoxy) is 4. The highest BCUT2D eigenvalue weighted by molar-refractivity contribution is 6.30. The zero-order valence-electron chi connectivity index (χ0n) is 22.2. The summed E-state index contributed by atoms with van der Waals surface area (Å²) in [6, 6.07) is 17.8. The monoisotopic (exact) mass is 589 g/mol. The molecule has 1 spiro atoms. The third-order valence-electron chi connectivity index (χ3n) is 7.28. The van der Waals surface area contributed by atoms with Gasteiger partial charge in [-0.3, -0.25) is 0 Å². The van der Waals surface area contributed by atoms with Gasteiger partial charge in [0, 0.05) is 50.0 Å². The molecule has 2 aliphatic rings. The standard InChI is InChI=1S/C30H32ClNO7.ClH/c1-36-24-5-2-20(3-6-24)18-37-25-7-8-26(29(34)35)28(15-25)38-19-23(33)17-32-12-10-30(11-13-32)16-21-14-22(31)4-9-27(21)39-30;/h2-9,14-15,23,33H,10-13,16-19H2,1H3,(H,34,35);1H/t23-;/m0./s1. The minimum atomic E-state index is -1.11. The molecule has 10 heteroatoms. The summed E-state index contributed by atoms with van der Waals surface area (Å²) in [6.45, 7) is 2.26. The van der Waals surface area contributed by atoms with Gasteiger partial charge in [0.15, 0.2) is 0 Å². The second-order valence-corrected chi connectivity index (χ2v) is 10.5. The maximum absolute atomic E-state index is 11.7. The Hall–Kier alpha value is -3.17. The number of halogens is 2. The number of carbonyl (C=O) groups is 1. The fraction of sp³-hybridized carbons (Fsp3) is 0.367. The van der Waals surface area contributed by atoms with E-state index >= 15 is 0 Å². The molecule has 214 valence electrons. The Morgan fingerprint density at radius 2 is 1.77 bits per heavy atom. The van der Waals surface area contributed by atoms with Gasteiger partial charge in [-0.05, 0) is 53.6 Å². The number of methoxy groups -OCH3 is 1. The lowest BCUT2D eigenvalue weighted by molar-refractivity contribution is -0.00204. The fourth-order valence-electron chi connectivity index (χ4n) is 5.14. The van der Waals surface area contributed by atoms with Crippen LogP contribution in [0.1, 0.15) is 34.3 Å². The van der Waals surface area contributed by atoms with E-state index in [1.807, 2.05) is 42.5 Å². The van der Waals surface area contributed by atoms with Crippen LogP contribution in [0.4, 0.5) is 0 Å². The molecule has 2 heterocycles. The van der Waals surface area contributed by atoms with Crippen molar-refractivity contribution in [3.8, 4) is 23.0 Å². The molecule has 0 aromatic heterocycles. The van der Waals surface area contributed by atoms with Gasteiger partial charge in [0.1, 0.15) is 53.5 Å². The molecule has 3 aromatic carbocycles. The number of β-amino-alcohol motifs (C(OH)–C–C–N with tert-alkyl or cyclic N) is 1. The van der Waals surface area contributed by atoms with Crippen LogP contribution in [0.25, 0.3) is 0 Å². The molecule has 1 atom stereocenters. The highest BCUT2D eigenvalue weighted by Crippen LogP contribution is 2.42. The van der Waals surface area contributed by atoms with Crippen molar-refractivity contribution in [3.63, 3.8) is 0 Å². The SMILES string of the molecule is COc1ccc(COc2ccc(C(=O)O)c(OC[C@@H](O)CN3CCC4(CC3)Cc3cc(Cl)ccc3O4)c2)cc1.Cl. The first kappa shape index (κ1) is 29.8. The molecule has 0 amide bonds. The third kappa shape index (κ3) is 7.12. The molecule has 40 heavy (non-hydrogen) atoms. The lowest BCUT2D eigenvalue weighted by Crippen LogP contribution is -2.49. The second kappa shape index (κ2) is 13.0. The molecule has 1 saturated heterocycles. The molecule has 0 aliphatic carbocycles. The molecule has 0 radical (unpaired) electrons. The summed E-state index contributed by atoms with van der Waals surface area (Å²) in [6.07, 6.45) is 1.76. The fourth-order valence-corrected chi connectivity index (χ4v) is 5.33. The minimum absolute atomic E-state index is 0. The predicted octanol–water partition coefficient (Wildman–Crippen LogP) is 5.26. The number of aromatic carboxylic acids is 1. The lowest BCUT2D eigenvalue weighted by atomic mass is 9.87. The number of aliphatic hydroxyl groups is 1. The summed E-state index contributed by atoms with van der Waals surface area (Å²) in [5.41, 5.74) is 1.88. The van der Waals surface area contributed by atoms with Crippen LogP contribution in [-0.2, 0) is 13.0 Å². The maximum atomic E-state index is 11.7. The first-order valence-corrected chi connectivity index (χ1v) is 13.3. The van der Waals surface area contributed by atoms with E-state index in [9.17, 15) is 15.0 Å². The normalized spacial score (nSPS) is 16.4. The number of likely N-dealkylation sites (tertiary alicyclic amines) is 1. The molecular formula is C30H33Cl2NO7. The van der Waals surface area contributed by atoms with Crippen molar-refractivity contribution < 1.29 is 34.0 Å². The first-order valence-electron chi connectivity index (χ1n) is 13.0. The van der Waals surface area contributed by atoms with Crippen molar-refractivity contribution in [1.29, 1.82) is 0 Å². The second-order valence-electron chi connectivity index (χ2n) is 10.1. The van der Waals surface area contributed by atoms with E-state index in [-0.39, 0.29) is 35.9 Å². The van der Waals surface area contributed by atoms with Gasteiger partial charge >= 0.3 is 5.97 Å². The Kier molecular flexibility index (Phi) is 9.68. The zero-order chi connectivity index (χ0) is 27.4. The van der Waals surface area contributed by atoms with E-state index in [0.717, 1.165) is 60.0 Å². The Labute approximate surface area is 244 Å². The van der Waals surface area contributed by atoms with Crippen molar-refractivity contribution in [2.45, 2.75) is 37.6 Å². The van der Waals surface area contributed by atoms with Gasteiger partial charge in [-0.25, -0.2) is 4.79 Å². The van der Waals surface area contributed by atoms with Gasteiger partial charge in [-0.15, -0.1) is 12.4 Å². The number of benzene rings is 3. The highest BCUT2D eigenvalue weighted by Gasteiger charge is 2.42. The molecule has 8 nitrogen and oxygen atoms in total. The van der Waals surface area contributed by atoms with Gasteiger partial charge < -0.3 is 34.1 Å². The van der Waals surface area contributed by atoms with Crippen LogP contribution in [0.5, 0.6) is 23.0 Å². The molecular weight excluding hydrogens is 557 g/mol. The van der Waals surface area contributed by atoms with Crippen LogP contribution in [0.2, 0.25) is 5.02 Å². The summed E-state index contributed by atoms with van der Waals surface area (Å²) in [7, 11) is 1.61. The number of aliphatic hydroxyl groups excluding tert-OH is 1. The van der Waals surface area contributed by atoms with Gasteiger partial charge in [0.05, 0.1) is 7.11 Å². The summed E-state index contributed by atoms with van der Waals surface area (Å²) >= 11 is 6.14. The number of carboxylic acid groups (broad SMARTS) is 1. The van der Waals surface area contributed by atoms with Crippen LogP contribution in [0.3, 0.4) is 0 Å². The predicted molar refractivity (Wildman–Crippen MR) is 154 cm³/mol. The number of carboxylic acids is 1. The maximum Gasteiger partial charge on any atom is 0.339 e. The van der Waals surface area contributed by atoms with Crippen LogP contribution in [0, 0.1) is 0 Å². The van der Waals surface area contributed by atoms with Crippen molar-refractivity contribution >= 4 is 30.0 Å². The van der Waals surface area contributed by atoms with E-state index in [4.69, 9.17) is 30.5 Å². The van der Waals surface area contributed by atoms with Crippen LogP contribution < -0.4 is 18.9 Å². The van der Waals surface area contributed by atoms with Crippen LogP contribution in [-0.4, -0.2) is 66.1 Å². The minimum Gasteiger partial charge on any atom is -0.497 e. The Morgan fingerprint density at radius 1 is 1.05 bits per heavy atom. The lowest BCUT2D eigenvalue weighted by Gasteiger charge is -2.39. The largest absolute Gasteiger partial charge is 0.497 e. The van der Waals surface area contributed by atoms with Crippen LogP contribution >= 0.6 is 24.0 Å². The summed E-state index contributed by atoms with van der Waals surface area (Å²) < 4.78 is 23.1. The molecule has 3 aromatic rings. The van der Waals surface area contributed by atoms with Gasteiger partial charge in [0.25, 0.3) is 0 Å². The van der Waals surface area contributed by atoms with Crippen molar-refractivity contribution in [3.05, 3.63) is 82.4 Å². The Morgan fingerprint density at radius 3 is 2.48 bits per heavy atom. The zero-order valence-corrected chi connectivity index (χ0v) is 23.7. The summed E-state index contributed by atoms with van der Waals surface area (Å²) in [5.74, 6) is 1.18. The molecule has 2 N–H and O–H groups in total. The summed E-state index contributed by atoms with van der Waals surface area (Å²) in [4.78, 5) is 13.9. The van der Waals surface area contributed by atoms with E-state index in [1.54, 1.807) is 19.2 Å². The van der Waals surface area contributed by atoms with E-state index in [1.165, 1.54) is 6.07 Å². The van der Waals surface area contributed by atoms with Crippen molar-refractivity contribution in [2.24, 2.45) is 0 Å². The number of nitrogens with zero attached hydrogens (tertiary/aromatic N) is 1. The molecule has 0 unspecified atom stereocenters. The molecule has 1 fully saturated rings. The molecule has 5 rings (SSSR count). The molecule has 2 aliphatic heterocycles. The van der Waals surface area contributed by atoms with Crippen molar-refractivity contribution in [2.75, 3.05) is 33.4 Å². The van der Waals surface area contributed by atoms with Gasteiger partial charge in [-0.2, -0.15) is 0 Å². The van der Waals surface area contributed by atoms with E-state index in [2.05, 4.69) is 4.90 Å². The van der Waals surface area contributed by atoms with E-state index < -0.39 is 12.1 Å². The average Bonchev–Trinajstić information content (AvgIpc) is 3.29. The quantitative estimate of drug-likeness (QED) is 0.330.